The van der Waals surface area contributed by atoms with Gasteiger partial charge in [-0.25, -0.2) is 4.98 Å². The van der Waals surface area contributed by atoms with Crippen LogP contribution < -0.4 is 0 Å². The molecular weight excluding hydrogens is 266 g/mol. The van der Waals surface area contributed by atoms with Gasteiger partial charge in [0.1, 0.15) is 11.3 Å². The Morgan fingerprint density at radius 3 is 2.85 bits per heavy atom. The minimum atomic E-state index is 0.956. The van der Waals surface area contributed by atoms with E-state index in [-0.39, 0.29) is 0 Å². The van der Waals surface area contributed by atoms with Crippen LogP contribution in [-0.2, 0) is 7.05 Å². The third-order valence-corrected chi connectivity index (χ3v) is 4.74. The summed E-state index contributed by atoms with van der Waals surface area (Å²) in [7, 11) is 2.06. The van der Waals surface area contributed by atoms with E-state index in [1.165, 1.54) is 15.6 Å². The van der Waals surface area contributed by atoms with Crippen molar-refractivity contribution in [2.45, 2.75) is 6.92 Å². The lowest BCUT2D eigenvalue weighted by Crippen LogP contribution is -1.92. The summed E-state index contributed by atoms with van der Waals surface area (Å²) < 4.78 is 3.44. The van der Waals surface area contributed by atoms with Crippen LogP contribution in [0.15, 0.2) is 42.0 Å². The van der Waals surface area contributed by atoms with Gasteiger partial charge in [-0.1, -0.05) is 18.2 Å². The highest BCUT2D eigenvalue weighted by Crippen LogP contribution is 2.36. The van der Waals surface area contributed by atoms with Crippen molar-refractivity contribution in [3.05, 3.63) is 47.9 Å². The summed E-state index contributed by atoms with van der Waals surface area (Å²) in [5.41, 5.74) is 4.51. The highest BCUT2D eigenvalue weighted by Gasteiger charge is 2.14. The van der Waals surface area contributed by atoms with Crippen LogP contribution in [0.1, 0.15) is 5.82 Å². The van der Waals surface area contributed by atoms with Crippen LogP contribution in [0.5, 0.6) is 0 Å². The lowest BCUT2D eigenvalue weighted by atomic mass is 10.1. The Kier molecular flexibility index (Phi) is 2.41. The first-order valence-corrected chi connectivity index (χ1v) is 7.37. The first kappa shape index (κ1) is 11.6. The molecule has 0 aliphatic rings. The lowest BCUT2D eigenvalue weighted by molar-refractivity contribution is 0.886. The first-order valence-electron chi connectivity index (χ1n) is 6.49. The number of benzene rings is 1. The molecule has 0 bridgehead atoms. The van der Waals surface area contributed by atoms with Gasteiger partial charge in [-0.05, 0) is 18.4 Å². The number of rotatable bonds is 1. The predicted octanol–water partition coefficient (Wildman–Crippen LogP) is 4.16. The number of aryl methyl sites for hydroxylation is 2. The summed E-state index contributed by atoms with van der Waals surface area (Å²) in [5, 5.41) is 3.49. The molecule has 0 atom stereocenters. The van der Waals surface area contributed by atoms with E-state index in [4.69, 9.17) is 0 Å². The summed E-state index contributed by atoms with van der Waals surface area (Å²) in [4.78, 5) is 8.93. The smallest absolute Gasteiger partial charge is 0.108 e. The predicted molar refractivity (Wildman–Crippen MR) is 84.1 cm³/mol. The van der Waals surface area contributed by atoms with Gasteiger partial charge in [-0.2, -0.15) is 0 Å². The zero-order valence-electron chi connectivity index (χ0n) is 11.3. The van der Waals surface area contributed by atoms with Gasteiger partial charge in [0.25, 0.3) is 0 Å². The largest absolute Gasteiger partial charge is 0.331 e. The highest BCUT2D eigenvalue weighted by atomic mass is 32.1. The highest BCUT2D eigenvalue weighted by molar-refractivity contribution is 7.17. The van der Waals surface area contributed by atoms with Crippen LogP contribution >= 0.6 is 11.3 Å². The van der Waals surface area contributed by atoms with Crippen LogP contribution in [0.4, 0.5) is 0 Å². The Balaban J connectivity index is 2.12. The van der Waals surface area contributed by atoms with Gasteiger partial charge in [-0.15, -0.1) is 11.3 Å². The molecule has 20 heavy (non-hydrogen) atoms. The number of thiophene rings is 1. The summed E-state index contributed by atoms with van der Waals surface area (Å²) in [6.07, 6.45) is 3.78. The van der Waals surface area contributed by atoms with Gasteiger partial charge in [0.15, 0.2) is 0 Å². The second-order valence-corrected chi connectivity index (χ2v) is 5.83. The molecule has 4 heteroatoms. The number of nitrogens with zero attached hydrogens (tertiary/aromatic N) is 3. The van der Waals surface area contributed by atoms with E-state index in [1.807, 2.05) is 19.3 Å². The number of hydrogen-bond donors (Lipinski definition) is 0. The van der Waals surface area contributed by atoms with Crippen LogP contribution in [0.25, 0.3) is 32.2 Å². The van der Waals surface area contributed by atoms with E-state index in [2.05, 4.69) is 51.2 Å². The van der Waals surface area contributed by atoms with Crippen molar-refractivity contribution in [2.24, 2.45) is 7.05 Å². The van der Waals surface area contributed by atoms with Crippen molar-refractivity contribution < 1.29 is 0 Å². The average Bonchev–Trinajstić information content (AvgIpc) is 3.01. The van der Waals surface area contributed by atoms with Crippen LogP contribution in [0.2, 0.25) is 0 Å². The number of fused-ring (bicyclic) bond motifs is 2. The SMILES string of the molecule is Cc1nc2cncc(-c3csc4ccccc34)c2n1C. The van der Waals surface area contributed by atoms with Gasteiger partial charge in [0.05, 0.1) is 11.7 Å². The fraction of sp³-hybridized carbons (Fsp3) is 0.125. The molecule has 0 saturated heterocycles. The molecule has 0 spiro atoms. The van der Waals surface area contributed by atoms with Crippen molar-refractivity contribution >= 4 is 32.5 Å². The maximum Gasteiger partial charge on any atom is 0.108 e. The van der Waals surface area contributed by atoms with Crippen molar-refractivity contribution in [3.8, 4) is 11.1 Å². The zero-order chi connectivity index (χ0) is 13.7. The van der Waals surface area contributed by atoms with Gasteiger partial charge < -0.3 is 4.57 Å². The van der Waals surface area contributed by atoms with E-state index >= 15 is 0 Å². The van der Waals surface area contributed by atoms with Crippen molar-refractivity contribution in [1.82, 2.24) is 14.5 Å². The molecule has 0 amide bonds. The van der Waals surface area contributed by atoms with E-state index < -0.39 is 0 Å². The Labute approximate surface area is 120 Å². The molecule has 0 unspecified atom stereocenters. The topological polar surface area (TPSA) is 30.7 Å². The number of hydrogen-bond acceptors (Lipinski definition) is 3. The van der Waals surface area contributed by atoms with Crippen molar-refractivity contribution in [1.29, 1.82) is 0 Å². The number of aromatic nitrogens is 3. The molecule has 0 radical (unpaired) electrons. The molecule has 0 N–H and O–H groups in total. The summed E-state index contributed by atoms with van der Waals surface area (Å²) in [5.74, 6) is 1.01. The quantitative estimate of drug-likeness (QED) is 0.524. The Morgan fingerprint density at radius 1 is 1.10 bits per heavy atom. The molecule has 1 aromatic carbocycles. The maximum atomic E-state index is 4.57. The van der Waals surface area contributed by atoms with Gasteiger partial charge in [0.2, 0.25) is 0 Å². The Bertz CT molecular complexity index is 933. The molecule has 0 aliphatic heterocycles. The van der Waals surface area contributed by atoms with Crippen LogP contribution in [0, 0.1) is 6.92 Å². The molecule has 0 saturated carbocycles. The second-order valence-electron chi connectivity index (χ2n) is 4.92. The molecule has 3 aromatic heterocycles. The second kappa shape index (κ2) is 4.15. The number of imidazole rings is 1. The van der Waals surface area contributed by atoms with Gasteiger partial charge in [-0.3, -0.25) is 4.98 Å². The minimum Gasteiger partial charge on any atom is -0.331 e. The summed E-state index contributed by atoms with van der Waals surface area (Å²) in [6, 6.07) is 8.49. The summed E-state index contributed by atoms with van der Waals surface area (Å²) in [6.45, 7) is 2.02. The molecule has 0 fully saturated rings. The molecule has 4 rings (SSSR count). The number of pyridine rings is 1. The summed E-state index contributed by atoms with van der Waals surface area (Å²) >= 11 is 1.77. The van der Waals surface area contributed by atoms with E-state index in [0.29, 0.717) is 0 Å². The third-order valence-electron chi connectivity index (χ3n) is 3.77. The van der Waals surface area contributed by atoms with Crippen LogP contribution in [-0.4, -0.2) is 14.5 Å². The molecule has 3 heterocycles. The monoisotopic (exact) mass is 279 g/mol. The minimum absolute atomic E-state index is 0.956. The van der Waals surface area contributed by atoms with Gasteiger partial charge >= 0.3 is 0 Å². The van der Waals surface area contributed by atoms with Crippen LogP contribution in [0.3, 0.4) is 0 Å². The molecular formula is C16H13N3S. The maximum absolute atomic E-state index is 4.57. The molecule has 0 aliphatic carbocycles. The van der Waals surface area contributed by atoms with E-state index in [9.17, 15) is 0 Å². The van der Waals surface area contributed by atoms with Crippen molar-refractivity contribution in [3.63, 3.8) is 0 Å². The first-order chi connectivity index (χ1) is 9.75. The Hall–Kier alpha value is -2.20. The average molecular weight is 279 g/mol. The van der Waals surface area contributed by atoms with Gasteiger partial charge in [0, 0.05) is 34.5 Å². The fourth-order valence-corrected chi connectivity index (χ4v) is 3.63. The molecule has 98 valence electrons. The molecule has 3 nitrogen and oxygen atoms in total. The zero-order valence-corrected chi connectivity index (χ0v) is 12.1. The fourth-order valence-electron chi connectivity index (χ4n) is 2.67. The third kappa shape index (κ3) is 1.51. The lowest BCUT2D eigenvalue weighted by Gasteiger charge is -2.04. The standard InChI is InChI=1S/C16H13N3S/c1-10-18-14-8-17-7-12(16(14)19(10)2)13-9-20-15-6-4-3-5-11(13)15/h3-9H,1-2H3. The molecule has 4 aromatic rings. The van der Waals surface area contributed by atoms with Crippen molar-refractivity contribution in [2.75, 3.05) is 0 Å². The normalized spacial score (nSPS) is 11.5. The van der Waals surface area contributed by atoms with E-state index in [0.717, 1.165) is 22.4 Å². The van der Waals surface area contributed by atoms with E-state index in [1.54, 1.807) is 11.3 Å². The Morgan fingerprint density at radius 2 is 1.95 bits per heavy atom.